The maximum atomic E-state index is 11.5. The molecule has 5 heteroatoms. The predicted octanol–water partition coefficient (Wildman–Crippen LogP) is 2.96. The Kier molecular flexibility index (Phi) is 4.04. The van der Waals surface area contributed by atoms with Gasteiger partial charge in [-0.05, 0) is 37.6 Å². The van der Waals surface area contributed by atoms with Gasteiger partial charge in [0.25, 0.3) is 5.91 Å². The first-order valence-electron chi connectivity index (χ1n) is 5.56. The zero-order valence-corrected chi connectivity index (χ0v) is 11.7. The van der Waals surface area contributed by atoms with E-state index in [0.717, 1.165) is 11.3 Å². The van der Waals surface area contributed by atoms with Gasteiger partial charge in [0.05, 0.1) is 11.0 Å². The van der Waals surface area contributed by atoms with E-state index in [4.69, 9.17) is 17.0 Å². The summed E-state index contributed by atoms with van der Waals surface area (Å²) in [6, 6.07) is 7.62. The standard InChI is InChI=1S/C13H13NO2S2/c1-8(2)16-10-5-3-9(4-6-10)7-11-12(15)14-13(17)18-11/h3-8H,1-2H3,(H,14,15,17)/b11-7-. The number of thiocarbonyl (C=S) groups is 1. The van der Waals surface area contributed by atoms with E-state index in [1.165, 1.54) is 11.8 Å². The van der Waals surface area contributed by atoms with Gasteiger partial charge in [-0.2, -0.15) is 0 Å². The molecule has 1 aromatic carbocycles. The maximum absolute atomic E-state index is 11.5. The number of thioether (sulfide) groups is 1. The Balaban J connectivity index is 2.13. The monoisotopic (exact) mass is 279 g/mol. The van der Waals surface area contributed by atoms with Gasteiger partial charge in [-0.3, -0.25) is 4.79 Å². The average molecular weight is 279 g/mol. The Morgan fingerprint density at radius 1 is 1.33 bits per heavy atom. The zero-order valence-electron chi connectivity index (χ0n) is 10.1. The van der Waals surface area contributed by atoms with Crippen LogP contribution in [0.25, 0.3) is 6.08 Å². The summed E-state index contributed by atoms with van der Waals surface area (Å²) in [5.74, 6) is 0.693. The van der Waals surface area contributed by atoms with E-state index >= 15 is 0 Å². The highest BCUT2D eigenvalue weighted by atomic mass is 32.2. The molecule has 1 aliphatic heterocycles. The molecule has 0 saturated carbocycles. The molecule has 0 aliphatic carbocycles. The van der Waals surface area contributed by atoms with Crippen LogP contribution in [0.4, 0.5) is 0 Å². The lowest BCUT2D eigenvalue weighted by Gasteiger charge is -2.09. The number of hydrogen-bond acceptors (Lipinski definition) is 4. The van der Waals surface area contributed by atoms with Crippen molar-refractivity contribution >= 4 is 40.3 Å². The number of hydrogen-bond donors (Lipinski definition) is 1. The minimum atomic E-state index is -0.132. The Morgan fingerprint density at radius 2 is 2.00 bits per heavy atom. The van der Waals surface area contributed by atoms with E-state index in [9.17, 15) is 4.79 Å². The first-order chi connectivity index (χ1) is 8.54. The van der Waals surface area contributed by atoms with Crippen LogP contribution in [0.1, 0.15) is 19.4 Å². The van der Waals surface area contributed by atoms with Crippen molar-refractivity contribution in [1.82, 2.24) is 5.32 Å². The van der Waals surface area contributed by atoms with Gasteiger partial charge in [0.1, 0.15) is 10.1 Å². The Bertz CT molecular complexity index is 506. The first kappa shape index (κ1) is 13.1. The van der Waals surface area contributed by atoms with Crippen LogP contribution in [-0.2, 0) is 4.79 Å². The number of benzene rings is 1. The SMILES string of the molecule is CC(C)Oc1ccc(/C=C2\SC(=S)NC2=O)cc1. The summed E-state index contributed by atoms with van der Waals surface area (Å²) in [7, 11) is 0. The van der Waals surface area contributed by atoms with E-state index in [1.54, 1.807) is 0 Å². The molecule has 1 amide bonds. The van der Waals surface area contributed by atoms with Crippen molar-refractivity contribution in [3.63, 3.8) is 0 Å². The van der Waals surface area contributed by atoms with Crippen molar-refractivity contribution in [2.24, 2.45) is 0 Å². The van der Waals surface area contributed by atoms with Crippen molar-refractivity contribution in [2.75, 3.05) is 0 Å². The van der Waals surface area contributed by atoms with Crippen molar-refractivity contribution in [3.8, 4) is 5.75 Å². The molecule has 0 bridgehead atoms. The summed E-state index contributed by atoms with van der Waals surface area (Å²) in [6.45, 7) is 3.96. The second-order valence-corrected chi connectivity index (χ2v) is 5.81. The molecule has 1 aromatic rings. The summed E-state index contributed by atoms with van der Waals surface area (Å²) in [5.41, 5.74) is 0.952. The predicted molar refractivity (Wildman–Crippen MR) is 78.5 cm³/mol. The molecule has 1 aliphatic rings. The van der Waals surface area contributed by atoms with Crippen LogP contribution in [0.5, 0.6) is 5.75 Å². The Labute approximate surface area is 116 Å². The molecular weight excluding hydrogens is 266 g/mol. The molecule has 1 saturated heterocycles. The highest BCUT2D eigenvalue weighted by Gasteiger charge is 2.21. The van der Waals surface area contributed by atoms with Crippen LogP contribution in [-0.4, -0.2) is 16.3 Å². The molecule has 1 heterocycles. The van der Waals surface area contributed by atoms with E-state index in [0.29, 0.717) is 9.23 Å². The molecule has 3 nitrogen and oxygen atoms in total. The second-order valence-electron chi connectivity index (χ2n) is 4.09. The van der Waals surface area contributed by atoms with Crippen molar-refractivity contribution in [3.05, 3.63) is 34.7 Å². The molecule has 0 aromatic heterocycles. The van der Waals surface area contributed by atoms with Crippen LogP contribution >= 0.6 is 24.0 Å². The summed E-state index contributed by atoms with van der Waals surface area (Å²) < 4.78 is 6.06. The molecule has 18 heavy (non-hydrogen) atoms. The largest absolute Gasteiger partial charge is 0.491 e. The van der Waals surface area contributed by atoms with Gasteiger partial charge in [-0.25, -0.2) is 0 Å². The molecule has 0 unspecified atom stereocenters. The Morgan fingerprint density at radius 3 is 2.50 bits per heavy atom. The molecule has 2 rings (SSSR count). The average Bonchev–Trinajstić information content (AvgIpc) is 2.59. The lowest BCUT2D eigenvalue weighted by molar-refractivity contribution is -0.115. The molecule has 0 spiro atoms. The Hall–Kier alpha value is -1.33. The van der Waals surface area contributed by atoms with Gasteiger partial charge in [0.2, 0.25) is 0 Å². The van der Waals surface area contributed by atoms with Crippen molar-refractivity contribution < 1.29 is 9.53 Å². The van der Waals surface area contributed by atoms with Crippen LogP contribution < -0.4 is 10.1 Å². The van der Waals surface area contributed by atoms with Gasteiger partial charge in [-0.1, -0.05) is 36.1 Å². The van der Waals surface area contributed by atoms with Crippen molar-refractivity contribution in [1.29, 1.82) is 0 Å². The summed E-state index contributed by atoms with van der Waals surface area (Å²) >= 11 is 6.21. The molecule has 1 N–H and O–H groups in total. The molecule has 0 atom stereocenters. The maximum Gasteiger partial charge on any atom is 0.263 e. The number of carbonyl (C=O) groups excluding carboxylic acids is 1. The number of carbonyl (C=O) groups is 1. The third-order valence-corrected chi connectivity index (χ3v) is 3.35. The zero-order chi connectivity index (χ0) is 13.1. The van der Waals surface area contributed by atoms with Crippen LogP contribution in [0.3, 0.4) is 0 Å². The lowest BCUT2D eigenvalue weighted by atomic mass is 10.2. The normalized spacial score (nSPS) is 17.4. The molecular formula is C13H13NO2S2. The van der Waals surface area contributed by atoms with Gasteiger partial charge in [0, 0.05) is 0 Å². The fourth-order valence-corrected chi connectivity index (χ4v) is 2.53. The fraction of sp³-hybridized carbons (Fsp3) is 0.231. The van der Waals surface area contributed by atoms with E-state index in [2.05, 4.69) is 5.32 Å². The van der Waals surface area contributed by atoms with E-state index in [-0.39, 0.29) is 12.0 Å². The number of nitrogens with one attached hydrogen (secondary N) is 1. The highest BCUT2D eigenvalue weighted by Crippen LogP contribution is 2.26. The van der Waals surface area contributed by atoms with Crippen LogP contribution in [0.2, 0.25) is 0 Å². The minimum absolute atomic E-state index is 0.132. The molecule has 94 valence electrons. The summed E-state index contributed by atoms with van der Waals surface area (Å²) in [4.78, 5) is 12.1. The minimum Gasteiger partial charge on any atom is -0.491 e. The van der Waals surface area contributed by atoms with Crippen molar-refractivity contribution in [2.45, 2.75) is 20.0 Å². The number of amides is 1. The smallest absolute Gasteiger partial charge is 0.263 e. The van der Waals surface area contributed by atoms with Gasteiger partial charge >= 0.3 is 0 Å². The number of rotatable bonds is 3. The molecule has 0 radical (unpaired) electrons. The number of ether oxygens (including phenoxy) is 1. The third-order valence-electron chi connectivity index (χ3n) is 2.19. The lowest BCUT2D eigenvalue weighted by Crippen LogP contribution is -2.17. The van der Waals surface area contributed by atoms with Gasteiger partial charge in [0.15, 0.2) is 0 Å². The molecule has 1 fully saturated rings. The first-order valence-corrected chi connectivity index (χ1v) is 6.78. The van der Waals surface area contributed by atoms with Crippen LogP contribution in [0, 0.1) is 0 Å². The van der Waals surface area contributed by atoms with E-state index in [1.807, 2.05) is 44.2 Å². The van der Waals surface area contributed by atoms with Gasteiger partial charge < -0.3 is 10.1 Å². The van der Waals surface area contributed by atoms with E-state index < -0.39 is 0 Å². The fourth-order valence-electron chi connectivity index (χ4n) is 1.49. The summed E-state index contributed by atoms with van der Waals surface area (Å²) in [5, 5.41) is 2.59. The van der Waals surface area contributed by atoms with Gasteiger partial charge in [-0.15, -0.1) is 0 Å². The van der Waals surface area contributed by atoms with Crippen LogP contribution in [0.15, 0.2) is 29.2 Å². The highest BCUT2D eigenvalue weighted by molar-refractivity contribution is 8.26. The topological polar surface area (TPSA) is 38.3 Å². The third kappa shape index (κ3) is 3.34. The quantitative estimate of drug-likeness (QED) is 0.682. The summed E-state index contributed by atoms with van der Waals surface area (Å²) in [6.07, 6.45) is 1.97. The second kappa shape index (κ2) is 5.54.